The number of rotatable bonds is 5. The first-order chi connectivity index (χ1) is 14.0. The summed E-state index contributed by atoms with van der Waals surface area (Å²) in [6, 6.07) is 16.9. The van der Waals surface area contributed by atoms with Crippen molar-refractivity contribution in [3.63, 3.8) is 0 Å². The molecule has 0 atom stereocenters. The maximum Gasteiger partial charge on any atom is 0.260 e. The van der Waals surface area contributed by atoms with Crippen LogP contribution in [0.2, 0.25) is 5.02 Å². The summed E-state index contributed by atoms with van der Waals surface area (Å²) in [7, 11) is 3.94. The van der Waals surface area contributed by atoms with Crippen LogP contribution in [0.3, 0.4) is 0 Å². The van der Waals surface area contributed by atoms with Crippen molar-refractivity contribution >= 4 is 49.9 Å². The fourth-order valence-corrected chi connectivity index (χ4v) is 4.20. The SMILES string of the molecule is CN(C)c1ccc(C(=O)N(Cc2cccnc2)c2nc3ccc(Cl)cc3s2)cc1. The maximum atomic E-state index is 13.4. The fraction of sp³-hybridized carbons (Fsp3) is 0.136. The molecule has 0 aliphatic heterocycles. The van der Waals surface area contributed by atoms with Gasteiger partial charge in [-0.2, -0.15) is 0 Å². The lowest BCUT2D eigenvalue weighted by Crippen LogP contribution is -2.30. The van der Waals surface area contributed by atoms with Gasteiger partial charge in [0.2, 0.25) is 0 Å². The van der Waals surface area contributed by atoms with E-state index in [0.29, 0.717) is 22.3 Å². The second-order valence-electron chi connectivity index (χ2n) is 6.80. The van der Waals surface area contributed by atoms with Gasteiger partial charge in [-0.3, -0.25) is 14.7 Å². The van der Waals surface area contributed by atoms with Crippen LogP contribution < -0.4 is 9.80 Å². The van der Waals surface area contributed by atoms with E-state index >= 15 is 0 Å². The Hall–Kier alpha value is -2.96. The Balaban J connectivity index is 1.73. The molecule has 2 heterocycles. The van der Waals surface area contributed by atoms with Gasteiger partial charge in [-0.25, -0.2) is 4.98 Å². The molecule has 7 heteroatoms. The third-order valence-electron chi connectivity index (χ3n) is 4.51. The number of thiazole rings is 1. The van der Waals surface area contributed by atoms with Crippen molar-refractivity contribution in [1.29, 1.82) is 0 Å². The Labute approximate surface area is 178 Å². The van der Waals surface area contributed by atoms with Crippen molar-refractivity contribution in [1.82, 2.24) is 9.97 Å². The molecular formula is C22H19ClN4OS. The number of aromatic nitrogens is 2. The lowest BCUT2D eigenvalue weighted by Gasteiger charge is -2.20. The third-order valence-corrected chi connectivity index (χ3v) is 5.79. The molecule has 0 fully saturated rings. The molecule has 0 aliphatic carbocycles. The van der Waals surface area contributed by atoms with Gasteiger partial charge in [0, 0.05) is 42.8 Å². The van der Waals surface area contributed by atoms with Gasteiger partial charge in [-0.15, -0.1) is 0 Å². The molecule has 146 valence electrons. The summed E-state index contributed by atoms with van der Waals surface area (Å²) in [4.78, 5) is 26.0. The normalized spacial score (nSPS) is 10.9. The first-order valence-electron chi connectivity index (χ1n) is 9.05. The van der Waals surface area contributed by atoms with Crippen LogP contribution in [0.5, 0.6) is 0 Å². The van der Waals surface area contributed by atoms with E-state index < -0.39 is 0 Å². The molecule has 0 radical (unpaired) electrons. The van der Waals surface area contributed by atoms with Gasteiger partial charge < -0.3 is 4.90 Å². The van der Waals surface area contributed by atoms with Crippen LogP contribution >= 0.6 is 22.9 Å². The van der Waals surface area contributed by atoms with Crippen molar-refractivity contribution < 1.29 is 4.79 Å². The predicted molar refractivity (Wildman–Crippen MR) is 120 cm³/mol. The van der Waals surface area contributed by atoms with Crippen LogP contribution in [0, 0.1) is 0 Å². The molecule has 5 nitrogen and oxygen atoms in total. The van der Waals surface area contributed by atoms with Crippen LogP contribution in [0.25, 0.3) is 10.2 Å². The van der Waals surface area contributed by atoms with Crippen LogP contribution in [-0.4, -0.2) is 30.0 Å². The van der Waals surface area contributed by atoms with Crippen LogP contribution in [0.1, 0.15) is 15.9 Å². The van der Waals surface area contributed by atoms with Crippen LogP contribution in [-0.2, 0) is 6.54 Å². The minimum atomic E-state index is -0.107. The lowest BCUT2D eigenvalue weighted by atomic mass is 10.1. The van der Waals surface area contributed by atoms with Gasteiger partial charge in [-0.05, 0) is 54.1 Å². The molecule has 2 aromatic heterocycles. The monoisotopic (exact) mass is 422 g/mol. The summed E-state index contributed by atoms with van der Waals surface area (Å²) < 4.78 is 0.944. The molecule has 0 unspecified atom stereocenters. The summed E-state index contributed by atoms with van der Waals surface area (Å²) in [6.07, 6.45) is 3.48. The number of anilines is 2. The highest BCUT2D eigenvalue weighted by Crippen LogP contribution is 2.32. The lowest BCUT2D eigenvalue weighted by molar-refractivity contribution is 0.0985. The summed E-state index contributed by atoms with van der Waals surface area (Å²) in [5, 5.41) is 1.28. The van der Waals surface area contributed by atoms with Crippen molar-refractivity contribution in [2.24, 2.45) is 0 Å². The summed E-state index contributed by atoms with van der Waals surface area (Å²) >= 11 is 7.57. The topological polar surface area (TPSA) is 49.3 Å². The summed E-state index contributed by atoms with van der Waals surface area (Å²) in [6.45, 7) is 0.385. The molecule has 4 rings (SSSR count). The zero-order chi connectivity index (χ0) is 20.4. The van der Waals surface area contributed by atoms with Gasteiger partial charge in [0.1, 0.15) is 0 Å². The summed E-state index contributed by atoms with van der Waals surface area (Å²) in [5.74, 6) is -0.107. The van der Waals surface area contributed by atoms with Crippen molar-refractivity contribution in [2.75, 3.05) is 23.9 Å². The number of halogens is 1. The number of benzene rings is 2. The molecular weight excluding hydrogens is 404 g/mol. The van der Waals surface area contributed by atoms with E-state index in [0.717, 1.165) is 21.5 Å². The van der Waals surface area contributed by atoms with E-state index in [4.69, 9.17) is 11.6 Å². The Morgan fingerprint density at radius 2 is 1.90 bits per heavy atom. The number of carbonyl (C=O) groups is 1. The zero-order valence-corrected chi connectivity index (χ0v) is 17.6. The largest absolute Gasteiger partial charge is 0.378 e. The first-order valence-corrected chi connectivity index (χ1v) is 10.2. The smallest absolute Gasteiger partial charge is 0.260 e. The van der Waals surface area contributed by atoms with Gasteiger partial charge >= 0.3 is 0 Å². The fourth-order valence-electron chi connectivity index (χ4n) is 2.96. The van der Waals surface area contributed by atoms with Crippen molar-refractivity contribution in [3.05, 3.63) is 83.1 Å². The molecule has 29 heavy (non-hydrogen) atoms. The Bertz CT molecular complexity index is 1140. The molecule has 0 N–H and O–H groups in total. The third kappa shape index (κ3) is 4.23. The van der Waals surface area contributed by atoms with Gasteiger partial charge in [0.25, 0.3) is 5.91 Å². The van der Waals surface area contributed by atoms with E-state index in [-0.39, 0.29) is 5.91 Å². The number of fused-ring (bicyclic) bond motifs is 1. The average molecular weight is 423 g/mol. The van der Waals surface area contributed by atoms with E-state index in [1.807, 2.05) is 67.5 Å². The number of hydrogen-bond donors (Lipinski definition) is 0. The number of nitrogens with zero attached hydrogens (tertiary/aromatic N) is 4. The Kier molecular flexibility index (Phi) is 5.47. The molecule has 0 aliphatic rings. The Morgan fingerprint density at radius 1 is 1.10 bits per heavy atom. The molecule has 4 aromatic rings. The van der Waals surface area contributed by atoms with Crippen LogP contribution in [0.15, 0.2) is 67.0 Å². The molecule has 0 saturated carbocycles. The number of carbonyl (C=O) groups excluding carboxylic acids is 1. The molecule has 0 bridgehead atoms. The first kappa shape index (κ1) is 19.4. The average Bonchev–Trinajstić information content (AvgIpc) is 3.15. The van der Waals surface area contributed by atoms with Gasteiger partial charge in [-0.1, -0.05) is 29.0 Å². The molecule has 2 aromatic carbocycles. The second-order valence-corrected chi connectivity index (χ2v) is 8.25. The second kappa shape index (κ2) is 8.19. The van der Waals surface area contributed by atoms with E-state index in [1.54, 1.807) is 23.4 Å². The number of amides is 1. The van der Waals surface area contributed by atoms with Crippen molar-refractivity contribution in [3.8, 4) is 0 Å². The standard InChI is InChI=1S/C22H19ClN4OS/c1-26(2)18-8-5-16(6-9-18)21(28)27(14-15-4-3-11-24-13-15)22-25-19-10-7-17(23)12-20(19)29-22/h3-13H,14H2,1-2H3. The zero-order valence-electron chi connectivity index (χ0n) is 16.0. The quantitative estimate of drug-likeness (QED) is 0.440. The number of hydrogen-bond acceptors (Lipinski definition) is 5. The molecule has 0 saturated heterocycles. The van der Waals surface area contributed by atoms with Crippen molar-refractivity contribution in [2.45, 2.75) is 6.54 Å². The van der Waals surface area contributed by atoms with Crippen LogP contribution in [0.4, 0.5) is 10.8 Å². The van der Waals surface area contributed by atoms with E-state index in [2.05, 4.69) is 9.97 Å². The molecule has 1 amide bonds. The van der Waals surface area contributed by atoms with Gasteiger partial charge in [0.05, 0.1) is 16.8 Å². The highest BCUT2D eigenvalue weighted by molar-refractivity contribution is 7.22. The van der Waals surface area contributed by atoms with E-state index in [1.165, 1.54) is 11.3 Å². The molecule has 0 spiro atoms. The highest BCUT2D eigenvalue weighted by atomic mass is 35.5. The predicted octanol–water partition coefficient (Wildman–Crippen LogP) is 5.26. The minimum absolute atomic E-state index is 0.107. The Morgan fingerprint density at radius 3 is 2.59 bits per heavy atom. The van der Waals surface area contributed by atoms with Gasteiger partial charge in [0.15, 0.2) is 5.13 Å². The minimum Gasteiger partial charge on any atom is -0.378 e. The summed E-state index contributed by atoms with van der Waals surface area (Å²) in [5.41, 5.74) is 3.40. The maximum absolute atomic E-state index is 13.4. The number of pyridine rings is 1. The van der Waals surface area contributed by atoms with E-state index in [9.17, 15) is 4.79 Å². The highest BCUT2D eigenvalue weighted by Gasteiger charge is 2.22.